The van der Waals surface area contributed by atoms with Gasteiger partial charge in [-0.05, 0) is 0 Å². The van der Waals surface area contributed by atoms with Gasteiger partial charge in [-0.3, -0.25) is 4.99 Å². The van der Waals surface area contributed by atoms with E-state index in [1.165, 1.54) is 0 Å². The lowest BCUT2D eigenvalue weighted by Crippen LogP contribution is -2.31. The third-order valence-corrected chi connectivity index (χ3v) is 1.09. The molecule has 3 nitrogen and oxygen atoms in total. The van der Waals surface area contributed by atoms with E-state index in [4.69, 9.17) is 4.74 Å². The summed E-state index contributed by atoms with van der Waals surface area (Å²) in [6.45, 7) is 2.62. The molecule has 1 aliphatic rings. The van der Waals surface area contributed by atoms with Crippen molar-refractivity contribution in [1.29, 1.82) is 0 Å². The van der Waals surface area contributed by atoms with Crippen LogP contribution in [-0.4, -0.2) is 32.6 Å². The highest BCUT2D eigenvalue weighted by Crippen LogP contribution is 1.83. The second-order valence-electron chi connectivity index (χ2n) is 1.66. The van der Waals surface area contributed by atoms with Gasteiger partial charge >= 0.3 is 0 Å². The molecule has 0 aromatic rings. The highest BCUT2D eigenvalue weighted by atomic mass is 16.5. The minimum Gasteiger partial charge on any atom is -0.483 e. The molecular weight excluding hydrogens is 104 g/mol. The van der Waals surface area contributed by atoms with E-state index in [1.54, 1.807) is 7.11 Å². The Hall–Kier alpha value is -0.570. The summed E-state index contributed by atoms with van der Waals surface area (Å²) in [5, 5.41) is 3.13. The lowest BCUT2D eigenvalue weighted by molar-refractivity contribution is 0.382. The van der Waals surface area contributed by atoms with Gasteiger partial charge in [0, 0.05) is 6.54 Å². The fourth-order valence-corrected chi connectivity index (χ4v) is 0.648. The maximum atomic E-state index is 4.88. The number of nitrogens with zero attached hydrogens (tertiary/aromatic N) is 1. The predicted molar refractivity (Wildman–Crippen MR) is 32.2 cm³/mol. The van der Waals surface area contributed by atoms with Gasteiger partial charge in [-0.1, -0.05) is 0 Å². The molecule has 0 atom stereocenters. The second-order valence-corrected chi connectivity index (χ2v) is 1.66. The lowest BCUT2D eigenvalue weighted by atomic mass is 10.5. The van der Waals surface area contributed by atoms with Crippen molar-refractivity contribution in [2.75, 3.05) is 26.7 Å². The lowest BCUT2D eigenvalue weighted by Gasteiger charge is -2.10. The van der Waals surface area contributed by atoms with Crippen molar-refractivity contribution in [3.8, 4) is 0 Å². The van der Waals surface area contributed by atoms with Crippen LogP contribution in [-0.2, 0) is 4.74 Å². The molecule has 0 aromatic heterocycles. The molecule has 0 bridgehead atoms. The SMILES string of the molecule is COC1=NCCNC1. The molecule has 0 aliphatic carbocycles. The van der Waals surface area contributed by atoms with Gasteiger partial charge in [-0.2, -0.15) is 0 Å². The topological polar surface area (TPSA) is 33.6 Å². The average molecular weight is 114 g/mol. The standard InChI is InChI=1S/C5H10N2O/c1-8-5-4-6-2-3-7-5/h6H,2-4H2,1H3. The number of ether oxygens (including phenoxy) is 1. The van der Waals surface area contributed by atoms with E-state index >= 15 is 0 Å². The van der Waals surface area contributed by atoms with Crippen LogP contribution < -0.4 is 5.32 Å². The highest BCUT2D eigenvalue weighted by Gasteiger charge is 2.00. The van der Waals surface area contributed by atoms with Crippen LogP contribution in [0.3, 0.4) is 0 Å². The first-order chi connectivity index (χ1) is 3.93. The Kier molecular flexibility index (Phi) is 1.86. The number of aliphatic imine (C=N–C) groups is 1. The molecular formula is C5H10N2O. The third-order valence-electron chi connectivity index (χ3n) is 1.09. The maximum absolute atomic E-state index is 4.88. The smallest absolute Gasteiger partial charge is 0.197 e. The Morgan fingerprint density at radius 2 is 2.62 bits per heavy atom. The van der Waals surface area contributed by atoms with Crippen molar-refractivity contribution in [2.24, 2.45) is 4.99 Å². The highest BCUT2D eigenvalue weighted by molar-refractivity contribution is 5.78. The van der Waals surface area contributed by atoms with Gasteiger partial charge in [0.15, 0.2) is 5.90 Å². The number of hydrogen-bond donors (Lipinski definition) is 1. The first-order valence-electron chi connectivity index (χ1n) is 2.71. The van der Waals surface area contributed by atoms with Gasteiger partial charge in [0.05, 0.1) is 20.2 Å². The molecule has 0 radical (unpaired) electrons. The Morgan fingerprint density at radius 1 is 1.75 bits per heavy atom. The van der Waals surface area contributed by atoms with Crippen molar-refractivity contribution >= 4 is 5.90 Å². The first-order valence-corrected chi connectivity index (χ1v) is 2.71. The molecule has 8 heavy (non-hydrogen) atoms. The summed E-state index contributed by atoms with van der Waals surface area (Å²) in [5.41, 5.74) is 0. The molecule has 0 amide bonds. The summed E-state index contributed by atoms with van der Waals surface area (Å²) in [7, 11) is 1.64. The fourth-order valence-electron chi connectivity index (χ4n) is 0.648. The molecule has 1 heterocycles. The van der Waals surface area contributed by atoms with E-state index in [0.717, 1.165) is 25.5 Å². The summed E-state index contributed by atoms with van der Waals surface area (Å²) < 4.78 is 4.88. The molecule has 0 unspecified atom stereocenters. The second kappa shape index (κ2) is 2.67. The van der Waals surface area contributed by atoms with Crippen LogP contribution in [0.5, 0.6) is 0 Å². The summed E-state index contributed by atoms with van der Waals surface area (Å²) in [6, 6.07) is 0. The Bertz CT molecular complexity index is 101. The van der Waals surface area contributed by atoms with Crippen LogP contribution in [0.2, 0.25) is 0 Å². The summed E-state index contributed by atoms with van der Waals surface area (Å²) >= 11 is 0. The molecule has 1 N–H and O–H groups in total. The minimum atomic E-state index is 0.788. The summed E-state index contributed by atoms with van der Waals surface area (Å²) in [5.74, 6) is 0.816. The van der Waals surface area contributed by atoms with E-state index in [-0.39, 0.29) is 0 Å². The molecule has 0 spiro atoms. The average Bonchev–Trinajstić information content (AvgIpc) is 1.90. The van der Waals surface area contributed by atoms with Crippen molar-refractivity contribution < 1.29 is 4.74 Å². The van der Waals surface area contributed by atoms with Crippen LogP contribution in [0.1, 0.15) is 0 Å². The van der Waals surface area contributed by atoms with E-state index in [2.05, 4.69) is 10.3 Å². The molecule has 3 heteroatoms. The van der Waals surface area contributed by atoms with Gasteiger partial charge < -0.3 is 10.1 Å². The van der Waals surface area contributed by atoms with E-state index in [1.807, 2.05) is 0 Å². The molecule has 0 fully saturated rings. The molecule has 1 aliphatic heterocycles. The largest absolute Gasteiger partial charge is 0.483 e. The fraction of sp³-hybridized carbons (Fsp3) is 0.800. The molecule has 0 saturated heterocycles. The van der Waals surface area contributed by atoms with Crippen molar-refractivity contribution in [1.82, 2.24) is 5.32 Å². The third kappa shape index (κ3) is 1.20. The molecule has 1 rings (SSSR count). The van der Waals surface area contributed by atoms with E-state index < -0.39 is 0 Å². The van der Waals surface area contributed by atoms with Crippen LogP contribution >= 0.6 is 0 Å². The van der Waals surface area contributed by atoms with Gasteiger partial charge in [-0.25, -0.2) is 0 Å². The van der Waals surface area contributed by atoms with Gasteiger partial charge in [-0.15, -0.1) is 0 Å². The van der Waals surface area contributed by atoms with Gasteiger partial charge in [0.2, 0.25) is 0 Å². The zero-order valence-electron chi connectivity index (χ0n) is 4.98. The quantitative estimate of drug-likeness (QED) is 0.466. The van der Waals surface area contributed by atoms with Crippen LogP contribution in [0.4, 0.5) is 0 Å². The number of rotatable bonds is 0. The van der Waals surface area contributed by atoms with E-state index in [9.17, 15) is 0 Å². The Morgan fingerprint density at radius 3 is 3.00 bits per heavy atom. The van der Waals surface area contributed by atoms with Gasteiger partial charge in [0.1, 0.15) is 0 Å². The molecule has 46 valence electrons. The monoisotopic (exact) mass is 114 g/mol. The summed E-state index contributed by atoms with van der Waals surface area (Å²) in [6.07, 6.45) is 0. The van der Waals surface area contributed by atoms with Crippen LogP contribution in [0, 0.1) is 0 Å². The summed E-state index contributed by atoms with van der Waals surface area (Å²) in [4.78, 5) is 4.08. The number of methoxy groups -OCH3 is 1. The first kappa shape index (κ1) is 5.56. The molecule has 0 saturated carbocycles. The van der Waals surface area contributed by atoms with E-state index in [0.29, 0.717) is 0 Å². The normalized spacial score (nSPS) is 19.9. The Labute approximate surface area is 48.8 Å². The van der Waals surface area contributed by atoms with Crippen molar-refractivity contribution in [2.45, 2.75) is 0 Å². The minimum absolute atomic E-state index is 0.788. The molecule has 0 aromatic carbocycles. The van der Waals surface area contributed by atoms with Crippen molar-refractivity contribution in [3.05, 3.63) is 0 Å². The predicted octanol–water partition coefficient (Wildman–Crippen LogP) is -0.366. The Balaban J connectivity index is 2.37. The number of nitrogens with one attached hydrogen (secondary N) is 1. The zero-order chi connectivity index (χ0) is 5.82. The zero-order valence-corrected chi connectivity index (χ0v) is 4.98. The van der Waals surface area contributed by atoms with Gasteiger partial charge in [0.25, 0.3) is 0 Å². The van der Waals surface area contributed by atoms with Crippen LogP contribution in [0.25, 0.3) is 0 Å². The number of hydrogen-bond acceptors (Lipinski definition) is 3. The van der Waals surface area contributed by atoms with Crippen molar-refractivity contribution in [3.63, 3.8) is 0 Å². The van der Waals surface area contributed by atoms with Crippen LogP contribution in [0.15, 0.2) is 4.99 Å². The maximum Gasteiger partial charge on any atom is 0.197 e.